The molecule has 0 N–H and O–H groups in total. The second-order valence-corrected chi connectivity index (χ2v) is 8.56. The van der Waals surface area contributed by atoms with Crippen molar-refractivity contribution in [3.05, 3.63) is 36.5 Å². The van der Waals surface area contributed by atoms with Crippen LogP contribution in [0.1, 0.15) is 19.8 Å². The lowest BCUT2D eigenvalue weighted by Gasteiger charge is -2.33. The highest BCUT2D eigenvalue weighted by molar-refractivity contribution is 5.84. The minimum absolute atomic E-state index is 0.315. The molecule has 1 saturated heterocycles. The maximum absolute atomic E-state index is 6.37. The zero-order valence-corrected chi connectivity index (χ0v) is 21.5. The number of aromatic nitrogens is 1. The average molecular weight is 508 g/mol. The molecule has 0 saturated carbocycles. The van der Waals surface area contributed by atoms with Crippen LogP contribution in [-0.4, -0.2) is 103 Å². The SMILES string of the molecule is CCCCOCC1(OCCOc2cccc3cccnc23)COCCOCCOCCOCCOC1. The van der Waals surface area contributed by atoms with Crippen LogP contribution in [0, 0.1) is 0 Å². The molecule has 1 aromatic carbocycles. The number of rotatable bonds is 10. The van der Waals surface area contributed by atoms with Gasteiger partial charge in [-0.1, -0.05) is 31.5 Å². The first kappa shape index (κ1) is 28.7. The normalized spacial score (nSPS) is 18.7. The fraction of sp³-hybridized carbons (Fsp3) is 0.667. The van der Waals surface area contributed by atoms with Crippen molar-refractivity contribution in [2.24, 2.45) is 0 Å². The van der Waals surface area contributed by atoms with Gasteiger partial charge in [0.05, 0.1) is 79.3 Å². The van der Waals surface area contributed by atoms with E-state index in [1.165, 1.54) is 0 Å². The molecule has 9 heteroatoms. The first-order chi connectivity index (χ1) is 17.8. The molecule has 0 atom stereocenters. The molecule has 0 radical (unpaired) electrons. The zero-order valence-electron chi connectivity index (χ0n) is 21.5. The van der Waals surface area contributed by atoms with Crippen LogP contribution in [-0.2, 0) is 33.2 Å². The predicted octanol–water partition coefficient (Wildman–Crippen LogP) is 3.28. The van der Waals surface area contributed by atoms with Gasteiger partial charge in [-0.2, -0.15) is 0 Å². The summed E-state index contributed by atoms with van der Waals surface area (Å²) in [7, 11) is 0. The minimum Gasteiger partial charge on any atom is -0.489 e. The Morgan fingerprint density at radius 3 is 2.08 bits per heavy atom. The number of fused-ring (bicyclic) bond motifs is 1. The third kappa shape index (κ3) is 10.6. The highest BCUT2D eigenvalue weighted by atomic mass is 16.6. The number of para-hydroxylation sites is 1. The van der Waals surface area contributed by atoms with Crippen molar-refractivity contribution in [1.29, 1.82) is 0 Å². The Bertz CT molecular complexity index is 815. The molecule has 3 rings (SSSR count). The fourth-order valence-corrected chi connectivity index (χ4v) is 3.65. The molecule has 1 fully saturated rings. The number of unbranched alkanes of at least 4 members (excludes halogenated alkanes) is 1. The molecule has 0 amide bonds. The molecule has 1 aromatic heterocycles. The van der Waals surface area contributed by atoms with Gasteiger partial charge >= 0.3 is 0 Å². The summed E-state index contributed by atoms with van der Waals surface area (Å²) in [5.41, 5.74) is 0.0632. The van der Waals surface area contributed by atoms with Crippen molar-refractivity contribution in [3.8, 4) is 5.75 Å². The second kappa shape index (κ2) is 17.6. The van der Waals surface area contributed by atoms with Crippen LogP contribution in [0.4, 0.5) is 0 Å². The Hall–Kier alpha value is -1.85. The summed E-state index contributed by atoms with van der Waals surface area (Å²) < 4.78 is 46.9. The number of nitrogens with zero attached hydrogens (tertiary/aromatic N) is 1. The van der Waals surface area contributed by atoms with Crippen molar-refractivity contribution in [1.82, 2.24) is 4.98 Å². The smallest absolute Gasteiger partial charge is 0.145 e. The summed E-state index contributed by atoms with van der Waals surface area (Å²) in [6.45, 7) is 8.44. The van der Waals surface area contributed by atoms with E-state index in [0.717, 1.165) is 29.5 Å². The van der Waals surface area contributed by atoms with Gasteiger partial charge in [0, 0.05) is 18.2 Å². The molecule has 0 spiro atoms. The highest BCUT2D eigenvalue weighted by Crippen LogP contribution is 2.23. The van der Waals surface area contributed by atoms with E-state index >= 15 is 0 Å². The van der Waals surface area contributed by atoms with Gasteiger partial charge in [-0.25, -0.2) is 0 Å². The van der Waals surface area contributed by atoms with Crippen LogP contribution in [0.5, 0.6) is 5.75 Å². The lowest BCUT2D eigenvalue weighted by molar-refractivity contribution is -0.174. The molecule has 202 valence electrons. The summed E-state index contributed by atoms with van der Waals surface area (Å²) in [5.74, 6) is 0.730. The monoisotopic (exact) mass is 507 g/mol. The summed E-state index contributed by atoms with van der Waals surface area (Å²) in [5, 5.41) is 1.03. The van der Waals surface area contributed by atoms with Crippen molar-refractivity contribution in [3.63, 3.8) is 0 Å². The zero-order chi connectivity index (χ0) is 25.2. The first-order valence-electron chi connectivity index (χ1n) is 12.9. The summed E-state index contributed by atoms with van der Waals surface area (Å²) in [6.07, 6.45) is 3.81. The van der Waals surface area contributed by atoms with E-state index in [0.29, 0.717) is 92.5 Å². The molecule has 36 heavy (non-hydrogen) atoms. The van der Waals surface area contributed by atoms with Crippen molar-refractivity contribution < 1.29 is 37.9 Å². The Kier molecular flexibility index (Phi) is 14.0. The molecular weight excluding hydrogens is 466 g/mol. The maximum atomic E-state index is 6.37. The van der Waals surface area contributed by atoms with Crippen LogP contribution in [0.25, 0.3) is 10.9 Å². The molecule has 2 aromatic rings. The molecule has 0 bridgehead atoms. The van der Waals surface area contributed by atoms with E-state index in [1.807, 2.05) is 30.3 Å². The molecule has 0 aliphatic carbocycles. The first-order valence-corrected chi connectivity index (χ1v) is 12.9. The lowest BCUT2D eigenvalue weighted by atomic mass is 10.1. The van der Waals surface area contributed by atoms with Gasteiger partial charge in [0.1, 0.15) is 23.5 Å². The molecule has 0 unspecified atom stereocenters. The van der Waals surface area contributed by atoms with Gasteiger partial charge in [0.2, 0.25) is 0 Å². The maximum Gasteiger partial charge on any atom is 0.145 e. The number of ether oxygens (including phenoxy) is 8. The van der Waals surface area contributed by atoms with Crippen LogP contribution in [0.15, 0.2) is 36.5 Å². The molecule has 9 nitrogen and oxygen atoms in total. The quantitative estimate of drug-likeness (QED) is 0.450. The molecule has 1 aliphatic heterocycles. The molecular formula is C27H41NO8. The van der Waals surface area contributed by atoms with Crippen LogP contribution in [0.3, 0.4) is 0 Å². The van der Waals surface area contributed by atoms with E-state index in [2.05, 4.69) is 11.9 Å². The number of hydrogen-bond donors (Lipinski definition) is 0. The van der Waals surface area contributed by atoms with Gasteiger partial charge in [-0.05, 0) is 18.6 Å². The van der Waals surface area contributed by atoms with Gasteiger partial charge in [0.15, 0.2) is 0 Å². The number of hydrogen-bond acceptors (Lipinski definition) is 9. The predicted molar refractivity (Wildman–Crippen MR) is 136 cm³/mol. The molecule has 1 aliphatic rings. The summed E-state index contributed by atoms with van der Waals surface area (Å²) in [6, 6.07) is 9.83. The van der Waals surface area contributed by atoms with Crippen molar-refractivity contribution in [2.45, 2.75) is 25.4 Å². The number of benzene rings is 1. The average Bonchev–Trinajstić information content (AvgIpc) is 2.90. The van der Waals surface area contributed by atoms with Gasteiger partial charge < -0.3 is 37.9 Å². The van der Waals surface area contributed by atoms with Crippen LogP contribution in [0.2, 0.25) is 0 Å². The standard InChI is InChI=1S/C27H41NO8/c1-2-3-10-32-21-27(22-33-17-15-30-13-11-29-12-14-31-16-18-34-23-27)36-20-19-35-25-8-4-6-24-7-5-9-28-26(24)25/h4-9H,2-3,10-23H2,1H3. The Morgan fingerprint density at radius 2 is 1.42 bits per heavy atom. The summed E-state index contributed by atoms with van der Waals surface area (Å²) in [4.78, 5) is 4.45. The van der Waals surface area contributed by atoms with Gasteiger partial charge in [-0.15, -0.1) is 0 Å². The van der Waals surface area contributed by atoms with Crippen molar-refractivity contribution >= 4 is 10.9 Å². The Labute approximate surface area is 214 Å². The Morgan fingerprint density at radius 1 is 0.778 bits per heavy atom. The van der Waals surface area contributed by atoms with E-state index in [9.17, 15) is 0 Å². The van der Waals surface area contributed by atoms with Crippen LogP contribution < -0.4 is 4.74 Å². The molecule has 2 heterocycles. The van der Waals surface area contributed by atoms with Crippen molar-refractivity contribution in [2.75, 3.05) is 92.5 Å². The minimum atomic E-state index is -0.770. The van der Waals surface area contributed by atoms with Gasteiger partial charge in [0.25, 0.3) is 0 Å². The second-order valence-electron chi connectivity index (χ2n) is 8.56. The largest absolute Gasteiger partial charge is 0.489 e. The van der Waals surface area contributed by atoms with Gasteiger partial charge in [-0.3, -0.25) is 4.98 Å². The number of pyridine rings is 1. The van der Waals surface area contributed by atoms with Crippen LogP contribution >= 0.6 is 0 Å². The fourth-order valence-electron chi connectivity index (χ4n) is 3.65. The Balaban J connectivity index is 1.58. The van der Waals surface area contributed by atoms with E-state index in [1.54, 1.807) is 6.20 Å². The van der Waals surface area contributed by atoms with E-state index in [-0.39, 0.29) is 0 Å². The third-order valence-corrected chi connectivity index (χ3v) is 5.57. The topological polar surface area (TPSA) is 86.7 Å². The third-order valence-electron chi connectivity index (χ3n) is 5.57. The summed E-state index contributed by atoms with van der Waals surface area (Å²) >= 11 is 0. The highest BCUT2D eigenvalue weighted by Gasteiger charge is 2.33. The van der Waals surface area contributed by atoms with E-state index in [4.69, 9.17) is 37.9 Å². The lowest BCUT2D eigenvalue weighted by Crippen LogP contribution is -2.48. The van der Waals surface area contributed by atoms with E-state index < -0.39 is 5.60 Å².